The fourth-order valence-corrected chi connectivity index (χ4v) is 3.04. The van der Waals surface area contributed by atoms with Gasteiger partial charge >= 0.3 is 11.9 Å². The van der Waals surface area contributed by atoms with Crippen molar-refractivity contribution in [3.63, 3.8) is 0 Å². The predicted molar refractivity (Wildman–Crippen MR) is 124 cm³/mol. The average Bonchev–Trinajstić information content (AvgIpc) is 2.83. The van der Waals surface area contributed by atoms with E-state index >= 15 is 0 Å². The number of nitrogens with zero attached hydrogens (tertiary/aromatic N) is 1. The molecule has 8 heteroatoms. The van der Waals surface area contributed by atoms with E-state index in [1.165, 1.54) is 13.3 Å². The molecule has 2 aromatic rings. The van der Waals surface area contributed by atoms with E-state index in [1.54, 1.807) is 27.0 Å². The fraction of sp³-hybridized carbons (Fsp3) is 0.400. The van der Waals surface area contributed by atoms with Crippen molar-refractivity contribution in [2.45, 2.75) is 32.9 Å². The SMILES string of the molecule is CCOC(=O)C(N=Cc1cc(OC)c(OC)cc1CCOCc1ccccc1)C(=O)OCC. The van der Waals surface area contributed by atoms with Gasteiger partial charge in [-0.25, -0.2) is 9.59 Å². The topological polar surface area (TPSA) is 92.7 Å². The smallest absolute Gasteiger partial charge is 0.342 e. The van der Waals surface area contributed by atoms with Crippen LogP contribution < -0.4 is 9.47 Å². The summed E-state index contributed by atoms with van der Waals surface area (Å²) in [6.45, 7) is 4.52. The van der Waals surface area contributed by atoms with Crippen molar-refractivity contribution in [3.8, 4) is 11.5 Å². The first-order valence-corrected chi connectivity index (χ1v) is 10.8. The fourth-order valence-electron chi connectivity index (χ4n) is 3.04. The van der Waals surface area contributed by atoms with Gasteiger partial charge < -0.3 is 23.7 Å². The molecule has 0 radical (unpaired) electrons. The highest BCUT2D eigenvalue weighted by Gasteiger charge is 2.28. The highest BCUT2D eigenvalue weighted by molar-refractivity contribution is 6.01. The molecule has 0 atom stereocenters. The molecule has 0 unspecified atom stereocenters. The van der Waals surface area contributed by atoms with Crippen LogP contribution in [0.5, 0.6) is 11.5 Å². The van der Waals surface area contributed by atoms with Crippen LogP contribution in [0.1, 0.15) is 30.5 Å². The summed E-state index contributed by atoms with van der Waals surface area (Å²) in [4.78, 5) is 28.7. The molecule has 0 saturated carbocycles. The first-order chi connectivity index (χ1) is 16.0. The number of carbonyl (C=O) groups excluding carboxylic acids is 2. The molecule has 0 spiro atoms. The number of aliphatic imine (C=N–C) groups is 1. The van der Waals surface area contributed by atoms with Gasteiger partial charge in [-0.3, -0.25) is 4.99 Å². The first-order valence-electron chi connectivity index (χ1n) is 10.8. The minimum absolute atomic E-state index is 0.130. The molecule has 2 aromatic carbocycles. The highest BCUT2D eigenvalue weighted by Crippen LogP contribution is 2.30. The Morgan fingerprint density at radius 2 is 1.55 bits per heavy atom. The highest BCUT2D eigenvalue weighted by atomic mass is 16.6. The lowest BCUT2D eigenvalue weighted by Gasteiger charge is -2.14. The Morgan fingerprint density at radius 1 is 0.939 bits per heavy atom. The molecular formula is C25H31NO7. The normalized spacial score (nSPS) is 10.9. The Hall–Kier alpha value is -3.39. The second kappa shape index (κ2) is 13.9. The van der Waals surface area contributed by atoms with Gasteiger partial charge in [0, 0.05) is 6.21 Å². The molecule has 0 N–H and O–H groups in total. The molecule has 0 aliphatic heterocycles. The van der Waals surface area contributed by atoms with E-state index in [0.29, 0.717) is 36.7 Å². The Balaban J connectivity index is 2.24. The molecule has 0 fully saturated rings. The molecule has 0 aromatic heterocycles. The zero-order chi connectivity index (χ0) is 24.1. The summed E-state index contributed by atoms with van der Waals surface area (Å²) >= 11 is 0. The van der Waals surface area contributed by atoms with Crippen LogP contribution in [0.15, 0.2) is 47.5 Å². The Kier molecular flexibility index (Phi) is 10.9. The second-order valence-corrected chi connectivity index (χ2v) is 6.88. The van der Waals surface area contributed by atoms with E-state index in [0.717, 1.165) is 11.1 Å². The molecule has 33 heavy (non-hydrogen) atoms. The number of methoxy groups -OCH3 is 2. The van der Waals surface area contributed by atoms with Gasteiger partial charge in [0.15, 0.2) is 11.5 Å². The molecular weight excluding hydrogens is 426 g/mol. The number of carbonyl (C=O) groups is 2. The summed E-state index contributed by atoms with van der Waals surface area (Å²) in [6.07, 6.45) is 2.00. The van der Waals surface area contributed by atoms with Gasteiger partial charge in [0.1, 0.15) is 0 Å². The van der Waals surface area contributed by atoms with Crippen LogP contribution in [-0.4, -0.2) is 58.2 Å². The van der Waals surface area contributed by atoms with Crippen LogP contribution in [0.3, 0.4) is 0 Å². The van der Waals surface area contributed by atoms with E-state index < -0.39 is 18.0 Å². The third-order valence-electron chi connectivity index (χ3n) is 4.66. The minimum atomic E-state index is -1.40. The lowest BCUT2D eigenvalue weighted by Crippen LogP contribution is -2.32. The number of rotatable bonds is 13. The van der Waals surface area contributed by atoms with Crippen LogP contribution in [0.25, 0.3) is 0 Å². The summed E-state index contributed by atoms with van der Waals surface area (Å²) in [7, 11) is 3.08. The van der Waals surface area contributed by atoms with E-state index in [1.807, 2.05) is 36.4 Å². The van der Waals surface area contributed by atoms with Gasteiger partial charge in [-0.2, -0.15) is 0 Å². The zero-order valence-electron chi connectivity index (χ0n) is 19.5. The number of esters is 2. The van der Waals surface area contributed by atoms with E-state index in [4.69, 9.17) is 23.7 Å². The summed E-state index contributed by atoms with van der Waals surface area (Å²) in [5.41, 5.74) is 2.60. The number of hydrogen-bond donors (Lipinski definition) is 0. The van der Waals surface area contributed by atoms with E-state index in [-0.39, 0.29) is 13.2 Å². The first kappa shape index (κ1) is 25.9. The maximum Gasteiger partial charge on any atom is 0.342 e. The minimum Gasteiger partial charge on any atom is -0.493 e. The predicted octanol–water partition coefficient (Wildman–Crippen LogP) is 3.38. The van der Waals surface area contributed by atoms with Crippen molar-refractivity contribution in [2.24, 2.45) is 4.99 Å². The van der Waals surface area contributed by atoms with Crippen molar-refractivity contribution >= 4 is 18.2 Å². The summed E-state index contributed by atoms with van der Waals surface area (Å²) in [5.74, 6) is -0.474. The van der Waals surface area contributed by atoms with Crippen molar-refractivity contribution in [3.05, 3.63) is 59.2 Å². The van der Waals surface area contributed by atoms with Crippen molar-refractivity contribution in [1.82, 2.24) is 0 Å². The molecule has 0 aliphatic rings. The van der Waals surface area contributed by atoms with Gasteiger partial charge in [-0.1, -0.05) is 30.3 Å². The van der Waals surface area contributed by atoms with Gasteiger partial charge in [-0.15, -0.1) is 0 Å². The van der Waals surface area contributed by atoms with Gasteiger partial charge in [0.25, 0.3) is 0 Å². The van der Waals surface area contributed by atoms with E-state index in [9.17, 15) is 9.59 Å². The summed E-state index contributed by atoms with van der Waals surface area (Å²) < 4.78 is 26.6. The maximum absolute atomic E-state index is 12.2. The Bertz CT molecular complexity index is 910. The largest absolute Gasteiger partial charge is 0.493 e. The monoisotopic (exact) mass is 457 g/mol. The van der Waals surface area contributed by atoms with Gasteiger partial charge in [-0.05, 0) is 49.1 Å². The van der Waals surface area contributed by atoms with Crippen LogP contribution in [-0.2, 0) is 36.8 Å². The summed E-state index contributed by atoms with van der Waals surface area (Å²) in [5, 5.41) is 0. The standard InChI is InChI=1S/C25H31NO7/c1-5-32-24(27)23(25(28)33-6-2)26-16-20-15-22(30-4)21(29-3)14-19(20)12-13-31-17-18-10-8-7-9-11-18/h7-11,14-16,23H,5-6,12-13,17H2,1-4H3. The Morgan fingerprint density at radius 3 is 2.12 bits per heavy atom. The average molecular weight is 458 g/mol. The van der Waals surface area contributed by atoms with E-state index in [2.05, 4.69) is 4.99 Å². The molecule has 178 valence electrons. The lowest BCUT2D eigenvalue weighted by atomic mass is 10.0. The van der Waals surface area contributed by atoms with Crippen LogP contribution in [0.2, 0.25) is 0 Å². The van der Waals surface area contributed by atoms with Crippen molar-refractivity contribution in [2.75, 3.05) is 34.0 Å². The number of hydrogen-bond acceptors (Lipinski definition) is 8. The zero-order valence-corrected chi connectivity index (χ0v) is 19.5. The van der Waals surface area contributed by atoms with Crippen LogP contribution >= 0.6 is 0 Å². The second-order valence-electron chi connectivity index (χ2n) is 6.88. The van der Waals surface area contributed by atoms with Crippen molar-refractivity contribution < 1.29 is 33.3 Å². The van der Waals surface area contributed by atoms with Gasteiger partial charge in [0.05, 0.1) is 40.6 Å². The third kappa shape index (κ3) is 7.91. The van der Waals surface area contributed by atoms with Crippen LogP contribution in [0.4, 0.5) is 0 Å². The quantitative estimate of drug-likeness (QED) is 0.197. The molecule has 0 saturated heterocycles. The van der Waals surface area contributed by atoms with Gasteiger partial charge in [0.2, 0.25) is 6.04 Å². The maximum atomic E-state index is 12.2. The molecule has 8 nitrogen and oxygen atoms in total. The Labute approximate surface area is 194 Å². The third-order valence-corrected chi connectivity index (χ3v) is 4.66. The van der Waals surface area contributed by atoms with Crippen molar-refractivity contribution in [1.29, 1.82) is 0 Å². The molecule has 0 aliphatic carbocycles. The lowest BCUT2D eigenvalue weighted by molar-refractivity contribution is -0.156. The number of benzene rings is 2. The number of ether oxygens (including phenoxy) is 5. The van der Waals surface area contributed by atoms with Crippen LogP contribution in [0, 0.1) is 0 Å². The molecule has 2 rings (SSSR count). The molecule has 0 bridgehead atoms. The molecule has 0 heterocycles. The molecule has 0 amide bonds. The summed E-state index contributed by atoms with van der Waals surface area (Å²) in [6, 6.07) is 12.0.